The van der Waals surface area contributed by atoms with Gasteiger partial charge in [0.15, 0.2) is 15.0 Å². The summed E-state index contributed by atoms with van der Waals surface area (Å²) in [5.41, 5.74) is 1.95. The highest BCUT2D eigenvalue weighted by molar-refractivity contribution is 7.91. The van der Waals surface area contributed by atoms with Crippen molar-refractivity contribution < 1.29 is 13.2 Å². The van der Waals surface area contributed by atoms with Crippen molar-refractivity contribution in [3.63, 3.8) is 0 Å². The number of aromatic nitrogens is 1. The molecule has 0 unspecified atom stereocenters. The Morgan fingerprint density at radius 2 is 1.80 bits per heavy atom. The summed E-state index contributed by atoms with van der Waals surface area (Å²) >= 11 is 7.28. The van der Waals surface area contributed by atoms with Crippen LogP contribution in [0.4, 0.5) is 5.13 Å². The van der Waals surface area contributed by atoms with Crippen LogP contribution in [0.15, 0.2) is 47.4 Å². The Balaban J connectivity index is 1.80. The van der Waals surface area contributed by atoms with Gasteiger partial charge in [-0.25, -0.2) is 13.4 Å². The van der Waals surface area contributed by atoms with Crippen LogP contribution >= 0.6 is 22.9 Å². The van der Waals surface area contributed by atoms with Gasteiger partial charge in [0.25, 0.3) is 0 Å². The molecule has 160 valence electrons. The Kier molecular flexibility index (Phi) is 7.13. The number of likely N-dealkylation sites (N-methyl/N-ethyl adjacent to an activating group) is 1. The maximum Gasteiger partial charge on any atom is 0.229 e. The average Bonchev–Trinajstić information content (AvgIpc) is 3.09. The molecule has 0 spiro atoms. The van der Waals surface area contributed by atoms with E-state index in [1.807, 2.05) is 44.1 Å². The second-order valence-electron chi connectivity index (χ2n) is 7.34. The standard InChI is InChI=1S/C21H24ClN3O3S2/c1-15-4-9-18-19(14-15)29-21(23-18)25(12-11-24(2)3)20(26)10-13-30(27,28)17-7-5-16(22)6-8-17/h4-9,14H,10-13H2,1-3H3. The molecule has 0 bridgehead atoms. The number of carbonyl (C=O) groups excluding carboxylic acids is 1. The molecule has 0 radical (unpaired) electrons. The number of hydrogen-bond donors (Lipinski definition) is 0. The summed E-state index contributed by atoms with van der Waals surface area (Å²) in [6.07, 6.45) is -0.118. The van der Waals surface area contributed by atoms with E-state index >= 15 is 0 Å². The van der Waals surface area contributed by atoms with Crippen molar-refractivity contribution in [2.45, 2.75) is 18.2 Å². The van der Waals surface area contributed by atoms with Crippen LogP contribution in [0.25, 0.3) is 10.2 Å². The number of amides is 1. The molecule has 30 heavy (non-hydrogen) atoms. The number of nitrogens with zero attached hydrogens (tertiary/aromatic N) is 3. The number of carbonyl (C=O) groups is 1. The zero-order valence-corrected chi connectivity index (χ0v) is 19.5. The van der Waals surface area contributed by atoms with Crippen molar-refractivity contribution in [3.05, 3.63) is 53.1 Å². The van der Waals surface area contributed by atoms with Crippen molar-refractivity contribution in [2.24, 2.45) is 0 Å². The lowest BCUT2D eigenvalue weighted by molar-refractivity contribution is -0.118. The molecular formula is C21H24ClN3O3S2. The van der Waals surface area contributed by atoms with Gasteiger partial charge in [-0.2, -0.15) is 0 Å². The topological polar surface area (TPSA) is 70.6 Å². The normalized spacial score (nSPS) is 11.9. The number of rotatable bonds is 8. The number of thiazole rings is 1. The molecule has 0 saturated heterocycles. The predicted octanol–water partition coefficient (Wildman–Crippen LogP) is 4.02. The van der Waals surface area contributed by atoms with Crippen LogP contribution in [-0.4, -0.2) is 57.1 Å². The second-order valence-corrected chi connectivity index (χ2v) is 10.9. The Hall–Kier alpha value is -2.00. The quantitative estimate of drug-likeness (QED) is 0.502. The number of benzene rings is 2. The van der Waals surface area contributed by atoms with E-state index in [1.54, 1.807) is 4.90 Å². The predicted molar refractivity (Wildman–Crippen MR) is 123 cm³/mol. The third-order valence-electron chi connectivity index (χ3n) is 4.59. The van der Waals surface area contributed by atoms with E-state index in [9.17, 15) is 13.2 Å². The molecule has 1 aromatic heterocycles. The van der Waals surface area contributed by atoms with Crippen molar-refractivity contribution in [1.82, 2.24) is 9.88 Å². The van der Waals surface area contributed by atoms with Crippen LogP contribution in [0.2, 0.25) is 5.02 Å². The number of hydrogen-bond acceptors (Lipinski definition) is 6. The van der Waals surface area contributed by atoms with Crippen molar-refractivity contribution >= 4 is 54.0 Å². The molecular weight excluding hydrogens is 442 g/mol. The highest BCUT2D eigenvalue weighted by Gasteiger charge is 2.23. The molecule has 1 amide bonds. The van der Waals surface area contributed by atoms with Crippen LogP contribution in [0.3, 0.4) is 0 Å². The minimum Gasteiger partial charge on any atom is -0.308 e. The lowest BCUT2D eigenvalue weighted by atomic mass is 10.2. The first-order valence-electron chi connectivity index (χ1n) is 9.46. The van der Waals surface area contributed by atoms with Gasteiger partial charge in [-0.05, 0) is 63.0 Å². The molecule has 0 aliphatic rings. The number of fused-ring (bicyclic) bond motifs is 1. The molecule has 0 N–H and O–H groups in total. The lowest BCUT2D eigenvalue weighted by Crippen LogP contribution is -2.37. The summed E-state index contributed by atoms with van der Waals surface area (Å²) in [6, 6.07) is 11.9. The fourth-order valence-corrected chi connectivity index (χ4v) is 5.34. The minimum atomic E-state index is -3.58. The van der Waals surface area contributed by atoms with Crippen molar-refractivity contribution in [2.75, 3.05) is 37.8 Å². The van der Waals surface area contributed by atoms with E-state index in [1.165, 1.54) is 35.6 Å². The van der Waals surface area contributed by atoms with Gasteiger partial charge in [0.1, 0.15) is 0 Å². The summed E-state index contributed by atoms with van der Waals surface area (Å²) < 4.78 is 26.2. The zero-order chi connectivity index (χ0) is 21.9. The van der Waals surface area contributed by atoms with Crippen LogP contribution < -0.4 is 4.90 Å². The summed E-state index contributed by atoms with van der Waals surface area (Å²) in [6.45, 7) is 3.09. The van der Waals surface area contributed by atoms with Gasteiger partial charge in [-0.1, -0.05) is 29.0 Å². The van der Waals surface area contributed by atoms with E-state index in [0.717, 1.165) is 15.8 Å². The van der Waals surface area contributed by atoms with Crippen molar-refractivity contribution in [1.29, 1.82) is 0 Å². The molecule has 0 saturated carbocycles. The average molecular weight is 466 g/mol. The third kappa shape index (κ3) is 5.57. The molecule has 1 heterocycles. The maximum atomic E-state index is 13.0. The molecule has 9 heteroatoms. The fourth-order valence-electron chi connectivity index (χ4n) is 2.88. The smallest absolute Gasteiger partial charge is 0.229 e. The minimum absolute atomic E-state index is 0.118. The largest absolute Gasteiger partial charge is 0.308 e. The first-order chi connectivity index (χ1) is 14.2. The summed E-state index contributed by atoms with van der Waals surface area (Å²) in [7, 11) is 0.269. The Morgan fingerprint density at radius 1 is 1.10 bits per heavy atom. The molecule has 3 rings (SSSR count). The molecule has 3 aromatic rings. The van der Waals surface area contributed by atoms with Crippen LogP contribution in [0.1, 0.15) is 12.0 Å². The molecule has 0 fully saturated rings. The Labute approximate surface area is 186 Å². The Morgan fingerprint density at radius 3 is 2.47 bits per heavy atom. The van der Waals surface area contributed by atoms with Gasteiger partial charge in [-0.15, -0.1) is 0 Å². The van der Waals surface area contributed by atoms with Gasteiger partial charge in [0.05, 0.1) is 20.9 Å². The highest BCUT2D eigenvalue weighted by atomic mass is 35.5. The van der Waals surface area contributed by atoms with Gasteiger partial charge < -0.3 is 4.90 Å². The first-order valence-corrected chi connectivity index (χ1v) is 12.3. The second kappa shape index (κ2) is 9.43. The zero-order valence-electron chi connectivity index (χ0n) is 17.1. The Bertz CT molecular complexity index is 1140. The molecule has 0 aliphatic carbocycles. The number of halogens is 1. The van der Waals surface area contributed by atoms with Gasteiger partial charge in [-0.3, -0.25) is 9.69 Å². The van der Waals surface area contributed by atoms with Crippen LogP contribution in [0, 0.1) is 6.92 Å². The van der Waals surface area contributed by atoms with E-state index < -0.39 is 9.84 Å². The number of anilines is 1. The van der Waals surface area contributed by atoms with Gasteiger partial charge in [0, 0.05) is 24.5 Å². The van der Waals surface area contributed by atoms with E-state index in [-0.39, 0.29) is 23.0 Å². The molecule has 2 aromatic carbocycles. The van der Waals surface area contributed by atoms with Crippen LogP contribution in [0.5, 0.6) is 0 Å². The van der Waals surface area contributed by atoms with Gasteiger partial charge in [0.2, 0.25) is 5.91 Å². The summed E-state index contributed by atoms with van der Waals surface area (Å²) in [5, 5.41) is 1.05. The molecule has 0 aliphatic heterocycles. The van der Waals surface area contributed by atoms with Crippen LogP contribution in [-0.2, 0) is 14.6 Å². The third-order valence-corrected chi connectivity index (χ3v) is 7.62. The molecule has 6 nitrogen and oxygen atoms in total. The first kappa shape index (κ1) is 22.7. The maximum absolute atomic E-state index is 13.0. The lowest BCUT2D eigenvalue weighted by Gasteiger charge is -2.22. The van der Waals surface area contributed by atoms with E-state index in [2.05, 4.69) is 4.98 Å². The van der Waals surface area contributed by atoms with Gasteiger partial charge >= 0.3 is 0 Å². The summed E-state index contributed by atoms with van der Waals surface area (Å²) in [5.74, 6) is -0.527. The van der Waals surface area contributed by atoms with E-state index in [4.69, 9.17) is 11.6 Å². The highest BCUT2D eigenvalue weighted by Crippen LogP contribution is 2.30. The van der Waals surface area contributed by atoms with Crippen molar-refractivity contribution in [3.8, 4) is 0 Å². The summed E-state index contributed by atoms with van der Waals surface area (Å²) in [4.78, 5) is 21.4. The number of sulfone groups is 1. The number of aryl methyl sites for hydroxylation is 1. The van der Waals surface area contributed by atoms with E-state index in [0.29, 0.717) is 23.2 Å². The molecule has 0 atom stereocenters. The SMILES string of the molecule is Cc1ccc2nc(N(CCN(C)C)C(=O)CCS(=O)(=O)c3ccc(Cl)cc3)sc2c1. The monoisotopic (exact) mass is 465 g/mol. The fraction of sp³-hybridized carbons (Fsp3) is 0.333.